The first kappa shape index (κ1) is 21.3. The lowest BCUT2D eigenvalue weighted by Gasteiger charge is -2.21. The molecule has 6 nitrogen and oxygen atoms in total. The van der Waals surface area contributed by atoms with Crippen molar-refractivity contribution in [2.75, 3.05) is 6.61 Å². The number of nitrogens with zero attached hydrogens (tertiary/aromatic N) is 1. The van der Waals surface area contributed by atoms with Gasteiger partial charge in [-0.05, 0) is 46.4 Å². The number of benzene rings is 3. The molecule has 2 atom stereocenters. The fourth-order valence-electron chi connectivity index (χ4n) is 4.31. The maximum Gasteiger partial charge on any atom is 0.321 e. The third-order valence-electron chi connectivity index (χ3n) is 5.83. The summed E-state index contributed by atoms with van der Waals surface area (Å²) in [6.45, 7) is 0.0350. The largest absolute Gasteiger partial charge is 0.481 e. The van der Waals surface area contributed by atoms with E-state index < -0.39 is 23.9 Å². The number of aliphatic carboxylic acids is 1. The average Bonchev–Trinajstić information content (AvgIpc) is 3.11. The highest BCUT2D eigenvalue weighted by atomic mass is 16.5. The van der Waals surface area contributed by atoms with Crippen LogP contribution < -0.4 is 5.73 Å². The van der Waals surface area contributed by atoms with Gasteiger partial charge in [-0.3, -0.25) is 9.59 Å². The van der Waals surface area contributed by atoms with Crippen molar-refractivity contribution < 1.29 is 19.4 Å². The number of fused-ring (bicyclic) bond motifs is 3. The summed E-state index contributed by atoms with van der Waals surface area (Å²) in [4.78, 5) is 24.6. The molecule has 0 saturated carbocycles. The van der Waals surface area contributed by atoms with E-state index in [0.717, 1.165) is 22.3 Å². The fraction of sp³-hybridized carbons (Fsp3) is 0.192. The Morgan fingerprint density at radius 1 is 1.00 bits per heavy atom. The summed E-state index contributed by atoms with van der Waals surface area (Å²) in [6, 6.07) is 23.6. The summed E-state index contributed by atoms with van der Waals surface area (Å²) in [5.41, 5.74) is 11.5. The van der Waals surface area contributed by atoms with Crippen molar-refractivity contribution >= 4 is 11.9 Å². The minimum Gasteiger partial charge on any atom is -0.481 e. The van der Waals surface area contributed by atoms with Gasteiger partial charge in [0, 0.05) is 12.0 Å². The fourth-order valence-corrected chi connectivity index (χ4v) is 4.31. The van der Waals surface area contributed by atoms with Crippen LogP contribution in [0.4, 0.5) is 0 Å². The first-order chi connectivity index (χ1) is 15.5. The maximum absolute atomic E-state index is 12.8. The molecule has 0 fully saturated rings. The van der Waals surface area contributed by atoms with Crippen molar-refractivity contribution in [1.29, 1.82) is 5.26 Å². The van der Waals surface area contributed by atoms with Crippen LogP contribution in [0.3, 0.4) is 0 Å². The Kier molecular flexibility index (Phi) is 6.02. The van der Waals surface area contributed by atoms with Gasteiger partial charge in [0.25, 0.3) is 0 Å². The van der Waals surface area contributed by atoms with Gasteiger partial charge in [0.2, 0.25) is 0 Å². The Hall–Kier alpha value is -3.95. The van der Waals surface area contributed by atoms with Crippen molar-refractivity contribution in [1.82, 2.24) is 0 Å². The highest BCUT2D eigenvalue weighted by molar-refractivity contribution is 5.95. The molecule has 0 spiro atoms. The highest BCUT2D eigenvalue weighted by Gasteiger charge is 2.36. The lowest BCUT2D eigenvalue weighted by molar-refractivity contribution is -0.159. The van der Waals surface area contributed by atoms with Crippen molar-refractivity contribution in [3.63, 3.8) is 0 Å². The van der Waals surface area contributed by atoms with E-state index in [9.17, 15) is 14.7 Å². The molecular formula is C26H22N2O4. The lowest BCUT2D eigenvalue weighted by Crippen LogP contribution is -2.43. The van der Waals surface area contributed by atoms with Crippen molar-refractivity contribution in [2.45, 2.75) is 18.4 Å². The number of ether oxygens (including phenoxy) is 1. The number of nitrogens with two attached hydrogens (primary N) is 1. The molecule has 160 valence electrons. The first-order valence-corrected chi connectivity index (χ1v) is 10.3. The third-order valence-corrected chi connectivity index (χ3v) is 5.83. The molecule has 0 saturated heterocycles. The SMILES string of the molecule is N#Cc1cccc(C[C@@H](N)[C@@H](C(=O)O)C(=O)OCC2c3ccccc3-c3ccccc32)c1. The zero-order chi connectivity index (χ0) is 22.7. The first-order valence-electron chi connectivity index (χ1n) is 10.3. The Balaban J connectivity index is 1.49. The van der Waals surface area contributed by atoms with Gasteiger partial charge in [0.05, 0.1) is 11.6 Å². The summed E-state index contributed by atoms with van der Waals surface area (Å²) in [5, 5.41) is 18.7. The molecule has 0 unspecified atom stereocenters. The summed E-state index contributed by atoms with van der Waals surface area (Å²) < 4.78 is 5.51. The molecule has 0 amide bonds. The number of hydrogen-bond acceptors (Lipinski definition) is 5. The van der Waals surface area contributed by atoms with Crippen molar-refractivity contribution in [2.24, 2.45) is 11.7 Å². The van der Waals surface area contributed by atoms with Crippen LogP contribution in [0, 0.1) is 17.2 Å². The van der Waals surface area contributed by atoms with Crippen LogP contribution in [0.25, 0.3) is 11.1 Å². The van der Waals surface area contributed by atoms with Crippen LogP contribution in [0.15, 0.2) is 72.8 Å². The Bertz CT molecular complexity index is 1170. The van der Waals surface area contributed by atoms with Gasteiger partial charge in [0.1, 0.15) is 6.61 Å². The van der Waals surface area contributed by atoms with E-state index in [4.69, 9.17) is 15.7 Å². The van der Waals surface area contributed by atoms with Crippen LogP contribution in [0.2, 0.25) is 0 Å². The minimum absolute atomic E-state index is 0.0350. The topological polar surface area (TPSA) is 113 Å². The molecule has 0 aromatic heterocycles. The van der Waals surface area contributed by atoms with E-state index in [1.54, 1.807) is 24.3 Å². The summed E-state index contributed by atoms with van der Waals surface area (Å²) in [5.74, 6) is -3.86. The van der Waals surface area contributed by atoms with Gasteiger partial charge in [-0.15, -0.1) is 0 Å². The molecule has 1 aliphatic carbocycles. The van der Waals surface area contributed by atoms with Gasteiger partial charge >= 0.3 is 11.9 Å². The van der Waals surface area contributed by atoms with Crippen LogP contribution in [0.5, 0.6) is 0 Å². The van der Waals surface area contributed by atoms with Crippen LogP contribution in [-0.4, -0.2) is 29.7 Å². The molecule has 6 heteroatoms. The van der Waals surface area contributed by atoms with Gasteiger partial charge in [0.15, 0.2) is 5.92 Å². The highest BCUT2D eigenvalue weighted by Crippen LogP contribution is 2.44. The van der Waals surface area contributed by atoms with Gasteiger partial charge in [-0.2, -0.15) is 5.26 Å². The molecule has 3 N–H and O–H groups in total. The van der Waals surface area contributed by atoms with Crippen molar-refractivity contribution in [3.8, 4) is 17.2 Å². The molecule has 0 bridgehead atoms. The Morgan fingerprint density at radius 2 is 1.62 bits per heavy atom. The second kappa shape index (κ2) is 9.04. The minimum atomic E-state index is -1.51. The lowest BCUT2D eigenvalue weighted by atomic mass is 9.93. The number of carboxylic acids is 1. The number of carbonyl (C=O) groups is 2. The summed E-state index contributed by atoms with van der Waals surface area (Å²) in [7, 11) is 0. The number of carbonyl (C=O) groups excluding carboxylic acids is 1. The molecule has 0 radical (unpaired) electrons. The second-order valence-electron chi connectivity index (χ2n) is 7.85. The quantitative estimate of drug-likeness (QED) is 0.442. The smallest absolute Gasteiger partial charge is 0.321 e. The normalized spacial score (nSPS) is 14.0. The number of hydrogen-bond donors (Lipinski definition) is 2. The molecule has 3 aromatic rings. The number of nitriles is 1. The monoisotopic (exact) mass is 426 g/mol. The number of rotatable bonds is 7. The summed E-state index contributed by atoms with van der Waals surface area (Å²) >= 11 is 0. The molecule has 1 aliphatic rings. The van der Waals surface area contributed by atoms with Crippen LogP contribution in [0.1, 0.15) is 28.2 Å². The summed E-state index contributed by atoms with van der Waals surface area (Å²) in [6.07, 6.45) is 0.136. The van der Waals surface area contributed by atoms with Crippen LogP contribution in [-0.2, 0) is 20.7 Å². The standard InChI is InChI=1S/C26H22N2O4/c27-14-17-7-5-6-16(12-17)13-23(28)24(25(29)30)26(31)32-15-22-20-10-3-1-8-18(20)19-9-2-4-11-21(19)22/h1-12,22-24H,13,15,28H2,(H,29,30)/t23-,24+/m1/s1. The molecular weight excluding hydrogens is 404 g/mol. The van der Waals surface area contributed by atoms with Gasteiger partial charge in [-0.25, -0.2) is 0 Å². The third kappa shape index (κ3) is 4.11. The van der Waals surface area contributed by atoms with Crippen molar-refractivity contribution in [3.05, 3.63) is 95.1 Å². The zero-order valence-corrected chi connectivity index (χ0v) is 17.3. The van der Waals surface area contributed by atoms with E-state index in [2.05, 4.69) is 0 Å². The molecule has 32 heavy (non-hydrogen) atoms. The van der Waals surface area contributed by atoms with E-state index in [1.165, 1.54) is 0 Å². The Labute approximate surface area is 185 Å². The maximum atomic E-state index is 12.8. The van der Waals surface area contributed by atoms with Gasteiger partial charge in [-0.1, -0.05) is 60.7 Å². The van der Waals surface area contributed by atoms with E-state index in [1.807, 2.05) is 54.6 Å². The molecule has 4 rings (SSSR count). The second-order valence-corrected chi connectivity index (χ2v) is 7.85. The van der Waals surface area contributed by atoms with Crippen LogP contribution >= 0.6 is 0 Å². The number of carboxylic acid groups (broad SMARTS) is 1. The van der Waals surface area contributed by atoms with E-state index >= 15 is 0 Å². The Morgan fingerprint density at radius 3 is 2.22 bits per heavy atom. The predicted octanol–water partition coefficient (Wildman–Crippen LogP) is 3.48. The van der Waals surface area contributed by atoms with E-state index in [-0.39, 0.29) is 18.9 Å². The zero-order valence-electron chi connectivity index (χ0n) is 17.3. The van der Waals surface area contributed by atoms with E-state index in [0.29, 0.717) is 11.1 Å². The number of esters is 1. The molecule has 0 heterocycles. The average molecular weight is 426 g/mol. The molecule has 0 aliphatic heterocycles. The molecule has 3 aromatic carbocycles. The predicted molar refractivity (Wildman–Crippen MR) is 119 cm³/mol. The van der Waals surface area contributed by atoms with Gasteiger partial charge < -0.3 is 15.6 Å².